The molecule has 5 N–H and O–H groups in total. The average Bonchev–Trinajstić information content (AvgIpc) is 3.26. The van der Waals surface area contributed by atoms with E-state index in [1.165, 1.54) is 60.7 Å². The minimum Gasteiger partial charge on any atom is -0.478 e. The van der Waals surface area contributed by atoms with Gasteiger partial charge in [-0.3, -0.25) is 29.6 Å². The summed E-state index contributed by atoms with van der Waals surface area (Å²) in [7, 11) is 0. The fraction of sp³-hybridized carbons (Fsp3) is 0.348. The van der Waals surface area contributed by atoms with Crippen LogP contribution in [0.4, 0.5) is 0 Å². The molecule has 0 unspecified atom stereocenters. The van der Waals surface area contributed by atoms with Crippen LogP contribution in [0.2, 0.25) is 0 Å². The van der Waals surface area contributed by atoms with Crippen molar-refractivity contribution in [3.8, 4) is 11.5 Å². The molecule has 0 atom stereocenters. The van der Waals surface area contributed by atoms with E-state index in [4.69, 9.17) is 29.7 Å². The number of ether oxygens (including phenoxy) is 3. The van der Waals surface area contributed by atoms with Gasteiger partial charge in [0, 0.05) is 11.1 Å². The highest BCUT2D eigenvalue weighted by Gasteiger charge is 2.44. The largest absolute Gasteiger partial charge is 0.478 e. The number of carbonyl (C=O) groups excluding carboxylic acids is 5. The molecule has 0 spiro atoms. The zero-order valence-electron chi connectivity index (χ0n) is 33.8. The van der Waals surface area contributed by atoms with Crippen LogP contribution in [-0.4, -0.2) is 56.8 Å². The van der Waals surface area contributed by atoms with Gasteiger partial charge in [-0.1, -0.05) is 62.8 Å². The zero-order valence-corrected chi connectivity index (χ0v) is 33.8. The third-order valence-electron chi connectivity index (χ3n) is 10.8. The van der Waals surface area contributed by atoms with E-state index in [0.717, 1.165) is 49.7 Å². The topological polar surface area (TPSA) is 215 Å². The number of hydroxylamine groups is 2. The van der Waals surface area contributed by atoms with Crippen molar-refractivity contribution in [3.05, 3.63) is 130 Å². The minimum absolute atomic E-state index is 0.167. The molecule has 4 aromatic carbocycles. The lowest BCUT2D eigenvalue weighted by molar-refractivity contribution is -0.143. The number of hydrogen-bond donors (Lipinski definition) is 5. The van der Waals surface area contributed by atoms with Gasteiger partial charge in [-0.15, -0.1) is 0 Å². The SMILES string of the molecule is CC(C)(C)OC(=O)c1ccc(C2(C(=O)Oc3ccc(C(=O)NO)cc3)CCCCC2)cc1.O=C(O)c1ccc(C2(C(=O)Oc3ccc(C(=O)NO)cc3)CCCCC2)cc1. The van der Waals surface area contributed by atoms with Crippen LogP contribution in [0, 0.1) is 0 Å². The number of aromatic carboxylic acids is 1. The molecule has 2 saturated carbocycles. The number of esters is 3. The summed E-state index contributed by atoms with van der Waals surface area (Å²) < 4.78 is 16.7. The molecule has 14 nitrogen and oxygen atoms in total. The number of hydrogen-bond acceptors (Lipinski definition) is 11. The zero-order chi connectivity index (χ0) is 43.5. The first-order chi connectivity index (χ1) is 28.6. The fourth-order valence-corrected chi connectivity index (χ4v) is 7.61. The summed E-state index contributed by atoms with van der Waals surface area (Å²) in [4.78, 5) is 72.8. The van der Waals surface area contributed by atoms with Crippen molar-refractivity contribution in [1.82, 2.24) is 11.0 Å². The fourth-order valence-electron chi connectivity index (χ4n) is 7.61. The lowest BCUT2D eigenvalue weighted by Gasteiger charge is -2.35. The Kier molecular flexibility index (Phi) is 14.6. The standard InChI is InChI=1S/C25H29NO6.C21H21NO6/c1-24(2,3)32-22(28)18-7-11-19(12-8-18)25(15-5-4-6-16-25)23(29)31-20-13-9-17(10-14-20)21(27)26-30;23-18(22-27)14-6-10-17(11-7-14)28-20(26)21(12-2-1-3-13-21)16-8-4-15(5-9-16)19(24)25/h7-14,30H,4-6,15-16H2,1-3H3,(H,26,27);4-11,27H,1-3,12-13H2,(H,22,23)(H,24,25). The molecular formula is C46H50N2O12. The van der Waals surface area contributed by atoms with Gasteiger partial charge in [0.2, 0.25) is 0 Å². The number of carboxylic acid groups (broad SMARTS) is 1. The molecule has 316 valence electrons. The van der Waals surface area contributed by atoms with Gasteiger partial charge in [0.1, 0.15) is 17.1 Å². The molecule has 0 radical (unpaired) electrons. The highest BCUT2D eigenvalue weighted by molar-refractivity contribution is 5.94. The minimum atomic E-state index is -1.01. The number of benzene rings is 4. The van der Waals surface area contributed by atoms with Gasteiger partial charge in [0.15, 0.2) is 0 Å². The molecule has 2 aliphatic carbocycles. The van der Waals surface area contributed by atoms with E-state index in [9.17, 15) is 28.8 Å². The molecule has 0 saturated heterocycles. The van der Waals surface area contributed by atoms with E-state index in [2.05, 4.69) is 0 Å². The smallest absolute Gasteiger partial charge is 0.338 e. The summed E-state index contributed by atoms with van der Waals surface area (Å²) in [6.07, 6.45) is 8.22. The summed E-state index contributed by atoms with van der Waals surface area (Å²) in [6.45, 7) is 5.44. The Morgan fingerprint density at radius 2 is 0.833 bits per heavy atom. The average molecular weight is 823 g/mol. The molecule has 0 bridgehead atoms. The van der Waals surface area contributed by atoms with E-state index >= 15 is 0 Å². The molecule has 0 aliphatic heterocycles. The van der Waals surface area contributed by atoms with Gasteiger partial charge >= 0.3 is 23.9 Å². The van der Waals surface area contributed by atoms with Crippen molar-refractivity contribution in [2.75, 3.05) is 0 Å². The third-order valence-corrected chi connectivity index (χ3v) is 10.8. The van der Waals surface area contributed by atoms with E-state index in [0.29, 0.717) is 42.7 Å². The molecule has 14 heteroatoms. The second kappa shape index (κ2) is 19.6. The maximum absolute atomic E-state index is 13.3. The summed E-state index contributed by atoms with van der Waals surface area (Å²) in [6, 6.07) is 25.2. The van der Waals surface area contributed by atoms with Crippen LogP contribution in [0.1, 0.15) is 138 Å². The van der Waals surface area contributed by atoms with Gasteiger partial charge in [-0.2, -0.15) is 0 Å². The molecule has 2 fully saturated rings. The van der Waals surface area contributed by atoms with Crippen molar-refractivity contribution >= 4 is 35.7 Å². The molecule has 4 aromatic rings. The van der Waals surface area contributed by atoms with Crippen LogP contribution in [0.15, 0.2) is 97.1 Å². The molecule has 0 heterocycles. The number of amides is 2. The Bertz CT molecular complexity index is 2150. The van der Waals surface area contributed by atoms with E-state index in [-0.39, 0.29) is 22.7 Å². The first kappa shape index (κ1) is 44.7. The van der Waals surface area contributed by atoms with Crippen LogP contribution < -0.4 is 20.4 Å². The second-order valence-corrected chi connectivity index (χ2v) is 16.0. The summed E-state index contributed by atoms with van der Waals surface area (Å²) in [5.74, 6) is -2.85. The van der Waals surface area contributed by atoms with Gasteiger partial charge < -0.3 is 19.3 Å². The van der Waals surface area contributed by atoms with Crippen molar-refractivity contribution in [1.29, 1.82) is 0 Å². The van der Waals surface area contributed by atoms with Crippen LogP contribution in [0.25, 0.3) is 0 Å². The number of carboxylic acids is 1. The maximum atomic E-state index is 13.3. The van der Waals surface area contributed by atoms with Crippen molar-refractivity contribution in [2.24, 2.45) is 0 Å². The predicted molar refractivity (Wildman–Crippen MR) is 217 cm³/mol. The monoisotopic (exact) mass is 822 g/mol. The maximum Gasteiger partial charge on any atom is 0.338 e. The van der Waals surface area contributed by atoms with Crippen LogP contribution in [-0.2, 0) is 25.2 Å². The summed E-state index contributed by atoms with van der Waals surface area (Å²) in [5, 5.41) is 26.5. The van der Waals surface area contributed by atoms with E-state index in [1.807, 2.05) is 20.8 Å². The lowest BCUT2D eigenvalue weighted by atomic mass is 9.69. The number of rotatable bonds is 10. The van der Waals surface area contributed by atoms with Crippen molar-refractivity contribution in [2.45, 2.75) is 101 Å². The van der Waals surface area contributed by atoms with Crippen molar-refractivity contribution in [3.63, 3.8) is 0 Å². The molecule has 2 aliphatic rings. The van der Waals surface area contributed by atoms with Crippen LogP contribution in [0.3, 0.4) is 0 Å². The highest BCUT2D eigenvalue weighted by Crippen LogP contribution is 2.42. The Labute approximate surface area is 347 Å². The Hall–Kier alpha value is -6.38. The first-order valence-electron chi connectivity index (χ1n) is 19.8. The Morgan fingerprint density at radius 3 is 1.15 bits per heavy atom. The first-order valence-corrected chi connectivity index (χ1v) is 19.8. The predicted octanol–water partition coefficient (Wildman–Crippen LogP) is 7.88. The molecule has 6 rings (SSSR count). The lowest BCUT2D eigenvalue weighted by Crippen LogP contribution is -2.41. The van der Waals surface area contributed by atoms with Gasteiger partial charge in [0.25, 0.3) is 11.8 Å². The molecule has 0 aromatic heterocycles. The Morgan fingerprint density at radius 1 is 0.500 bits per heavy atom. The molecular weight excluding hydrogens is 773 g/mol. The van der Waals surface area contributed by atoms with Crippen LogP contribution in [0.5, 0.6) is 11.5 Å². The second-order valence-electron chi connectivity index (χ2n) is 16.0. The molecule has 2 amide bonds. The summed E-state index contributed by atoms with van der Waals surface area (Å²) in [5.41, 5.74) is 3.54. The van der Waals surface area contributed by atoms with Crippen molar-refractivity contribution < 1.29 is 58.5 Å². The highest BCUT2D eigenvalue weighted by atomic mass is 16.6. The van der Waals surface area contributed by atoms with E-state index in [1.54, 1.807) is 47.4 Å². The number of nitrogens with one attached hydrogen (secondary N) is 2. The summed E-state index contributed by atoms with van der Waals surface area (Å²) >= 11 is 0. The van der Waals surface area contributed by atoms with Crippen LogP contribution >= 0.6 is 0 Å². The van der Waals surface area contributed by atoms with E-state index < -0.39 is 46.2 Å². The quantitative estimate of drug-likeness (QED) is 0.0447. The van der Waals surface area contributed by atoms with Gasteiger partial charge in [0.05, 0.1) is 22.0 Å². The Balaban J connectivity index is 0.000000230. The van der Waals surface area contributed by atoms with Gasteiger partial charge in [-0.25, -0.2) is 20.5 Å². The normalized spacial score (nSPS) is 15.5. The molecule has 60 heavy (non-hydrogen) atoms. The third kappa shape index (κ3) is 10.8. The number of carbonyl (C=O) groups is 6. The van der Waals surface area contributed by atoms with Gasteiger partial charge in [-0.05, 0) is 130 Å².